The van der Waals surface area contributed by atoms with Crippen LogP contribution in [0.5, 0.6) is 5.75 Å². The van der Waals surface area contributed by atoms with Crippen LogP contribution in [0.4, 0.5) is 0 Å². The summed E-state index contributed by atoms with van der Waals surface area (Å²) in [5, 5.41) is 15.6. The molecule has 0 fully saturated rings. The maximum atomic E-state index is 11.8. The molecule has 18 heavy (non-hydrogen) atoms. The molecule has 0 unspecified atom stereocenters. The van der Waals surface area contributed by atoms with Crippen molar-refractivity contribution in [3.63, 3.8) is 0 Å². The van der Waals surface area contributed by atoms with Gasteiger partial charge in [0.25, 0.3) is 5.91 Å². The van der Waals surface area contributed by atoms with E-state index in [1.165, 1.54) is 11.6 Å². The molecule has 0 aliphatic carbocycles. The lowest BCUT2D eigenvalue weighted by atomic mass is 10.1. The zero-order chi connectivity index (χ0) is 12.8. The van der Waals surface area contributed by atoms with E-state index in [1.807, 2.05) is 0 Å². The first kappa shape index (κ1) is 12.6. The van der Waals surface area contributed by atoms with E-state index in [4.69, 9.17) is 0 Å². The number of rotatable bonds is 4. The molecule has 1 amide bonds. The normalized spacial score (nSPS) is 15.0. The Balaban J connectivity index is 1.82. The van der Waals surface area contributed by atoms with E-state index >= 15 is 0 Å². The fourth-order valence-electron chi connectivity index (χ4n) is 1.99. The summed E-state index contributed by atoms with van der Waals surface area (Å²) >= 11 is 0. The van der Waals surface area contributed by atoms with Crippen LogP contribution in [0.2, 0.25) is 0 Å². The molecule has 96 valence electrons. The first-order chi connectivity index (χ1) is 8.77. The summed E-state index contributed by atoms with van der Waals surface area (Å²) in [5.41, 5.74) is 1.71. The molecule has 1 aliphatic rings. The summed E-state index contributed by atoms with van der Waals surface area (Å²) in [6, 6.07) is 6.58. The minimum Gasteiger partial charge on any atom is -0.507 e. The van der Waals surface area contributed by atoms with Crippen molar-refractivity contribution in [3.8, 4) is 5.75 Å². The van der Waals surface area contributed by atoms with E-state index in [9.17, 15) is 9.90 Å². The van der Waals surface area contributed by atoms with Gasteiger partial charge in [-0.3, -0.25) is 4.79 Å². The maximum Gasteiger partial charge on any atom is 0.255 e. The minimum atomic E-state index is -0.220. The number of para-hydroxylation sites is 1. The van der Waals surface area contributed by atoms with E-state index < -0.39 is 0 Å². The van der Waals surface area contributed by atoms with Crippen LogP contribution in [0, 0.1) is 0 Å². The van der Waals surface area contributed by atoms with Crippen molar-refractivity contribution in [2.45, 2.75) is 12.8 Å². The summed E-state index contributed by atoms with van der Waals surface area (Å²) in [4.78, 5) is 11.8. The number of benzene rings is 1. The van der Waals surface area contributed by atoms with Crippen molar-refractivity contribution in [3.05, 3.63) is 41.5 Å². The van der Waals surface area contributed by atoms with Gasteiger partial charge >= 0.3 is 0 Å². The largest absolute Gasteiger partial charge is 0.507 e. The number of phenolic OH excluding ortho intramolecular Hbond substituents is 1. The van der Waals surface area contributed by atoms with Gasteiger partial charge in [0.1, 0.15) is 5.75 Å². The van der Waals surface area contributed by atoms with Crippen LogP contribution >= 0.6 is 0 Å². The molecule has 0 saturated heterocycles. The molecule has 2 rings (SSSR count). The monoisotopic (exact) mass is 246 g/mol. The molecule has 0 radical (unpaired) electrons. The highest BCUT2D eigenvalue weighted by molar-refractivity contribution is 5.96. The lowest BCUT2D eigenvalue weighted by Gasteiger charge is -2.14. The fourth-order valence-corrected chi connectivity index (χ4v) is 1.99. The van der Waals surface area contributed by atoms with Gasteiger partial charge < -0.3 is 15.7 Å². The van der Waals surface area contributed by atoms with Gasteiger partial charge in [0.05, 0.1) is 5.56 Å². The van der Waals surface area contributed by atoms with Crippen LogP contribution in [-0.4, -0.2) is 30.6 Å². The quantitative estimate of drug-likeness (QED) is 0.704. The Labute approximate surface area is 107 Å². The average Bonchev–Trinajstić information content (AvgIpc) is 2.40. The van der Waals surface area contributed by atoms with Gasteiger partial charge in [0, 0.05) is 13.1 Å². The second-order valence-electron chi connectivity index (χ2n) is 4.34. The Bertz CT molecular complexity index is 455. The Morgan fingerprint density at radius 3 is 2.94 bits per heavy atom. The third-order valence-corrected chi connectivity index (χ3v) is 3.04. The molecule has 4 nitrogen and oxygen atoms in total. The van der Waals surface area contributed by atoms with Crippen LogP contribution < -0.4 is 10.6 Å². The predicted octanol–water partition coefficient (Wildman–Crippen LogP) is 1.43. The van der Waals surface area contributed by atoms with E-state index in [0.29, 0.717) is 12.1 Å². The van der Waals surface area contributed by atoms with Gasteiger partial charge in [-0.05, 0) is 31.5 Å². The van der Waals surface area contributed by atoms with Gasteiger partial charge in [0.15, 0.2) is 0 Å². The number of phenols is 1. The maximum absolute atomic E-state index is 11.8. The Kier molecular flexibility index (Phi) is 4.36. The SMILES string of the molecule is O=C(NCCC1=CCNCC1)c1ccccc1O. The van der Waals surface area contributed by atoms with E-state index in [1.54, 1.807) is 18.2 Å². The van der Waals surface area contributed by atoms with Crippen LogP contribution in [0.15, 0.2) is 35.9 Å². The number of carbonyl (C=O) groups excluding carboxylic acids is 1. The predicted molar refractivity (Wildman–Crippen MR) is 70.6 cm³/mol. The zero-order valence-corrected chi connectivity index (χ0v) is 10.3. The van der Waals surface area contributed by atoms with Crippen LogP contribution in [0.25, 0.3) is 0 Å². The summed E-state index contributed by atoms with van der Waals surface area (Å²) in [7, 11) is 0. The summed E-state index contributed by atoms with van der Waals surface area (Å²) < 4.78 is 0. The second-order valence-corrected chi connectivity index (χ2v) is 4.34. The van der Waals surface area contributed by atoms with Gasteiger partial charge in [-0.2, -0.15) is 0 Å². The van der Waals surface area contributed by atoms with Crippen molar-refractivity contribution in [1.82, 2.24) is 10.6 Å². The first-order valence-corrected chi connectivity index (χ1v) is 6.22. The van der Waals surface area contributed by atoms with Gasteiger partial charge in [0.2, 0.25) is 0 Å². The topological polar surface area (TPSA) is 61.4 Å². The number of carbonyl (C=O) groups is 1. The van der Waals surface area contributed by atoms with Crippen molar-refractivity contribution < 1.29 is 9.90 Å². The van der Waals surface area contributed by atoms with Crippen molar-refractivity contribution in [1.29, 1.82) is 0 Å². The molecule has 1 aromatic rings. The molecular weight excluding hydrogens is 228 g/mol. The van der Waals surface area contributed by atoms with Crippen LogP contribution in [0.3, 0.4) is 0 Å². The van der Waals surface area contributed by atoms with E-state index in [0.717, 1.165) is 25.9 Å². The third-order valence-electron chi connectivity index (χ3n) is 3.04. The zero-order valence-electron chi connectivity index (χ0n) is 10.3. The van der Waals surface area contributed by atoms with E-state index in [-0.39, 0.29) is 11.7 Å². The fraction of sp³-hybridized carbons (Fsp3) is 0.357. The van der Waals surface area contributed by atoms with Crippen molar-refractivity contribution >= 4 is 5.91 Å². The third kappa shape index (κ3) is 3.34. The smallest absolute Gasteiger partial charge is 0.255 e. The molecule has 1 aliphatic heterocycles. The van der Waals surface area contributed by atoms with Gasteiger partial charge in [-0.25, -0.2) is 0 Å². The number of nitrogens with one attached hydrogen (secondary N) is 2. The standard InChI is InChI=1S/C14H18N2O2/c17-13-4-2-1-3-12(13)14(18)16-10-7-11-5-8-15-9-6-11/h1-5,15,17H,6-10H2,(H,16,18). The molecule has 1 aromatic carbocycles. The minimum absolute atomic E-state index is 0.0241. The average molecular weight is 246 g/mol. The number of aromatic hydroxyl groups is 1. The second kappa shape index (κ2) is 6.21. The molecule has 0 aromatic heterocycles. The van der Waals surface area contributed by atoms with Crippen LogP contribution in [0.1, 0.15) is 23.2 Å². The van der Waals surface area contributed by atoms with Gasteiger partial charge in [-0.1, -0.05) is 23.8 Å². The summed E-state index contributed by atoms with van der Waals surface area (Å²) in [5.74, 6) is -0.196. The molecule has 4 heteroatoms. The summed E-state index contributed by atoms with van der Waals surface area (Å²) in [6.07, 6.45) is 4.10. The highest BCUT2D eigenvalue weighted by Gasteiger charge is 2.09. The lowest BCUT2D eigenvalue weighted by molar-refractivity contribution is 0.0951. The van der Waals surface area contributed by atoms with Crippen LogP contribution in [-0.2, 0) is 0 Å². The molecule has 0 bridgehead atoms. The molecule has 0 atom stereocenters. The molecule has 0 spiro atoms. The highest BCUT2D eigenvalue weighted by atomic mass is 16.3. The Morgan fingerprint density at radius 2 is 2.22 bits per heavy atom. The molecule has 1 heterocycles. The molecule has 3 N–H and O–H groups in total. The number of hydrogen-bond donors (Lipinski definition) is 3. The highest BCUT2D eigenvalue weighted by Crippen LogP contribution is 2.15. The summed E-state index contributed by atoms with van der Waals surface area (Å²) in [6.45, 7) is 2.54. The Morgan fingerprint density at radius 1 is 1.39 bits per heavy atom. The number of amides is 1. The van der Waals surface area contributed by atoms with Crippen molar-refractivity contribution in [2.24, 2.45) is 0 Å². The molecule has 0 saturated carbocycles. The van der Waals surface area contributed by atoms with E-state index in [2.05, 4.69) is 16.7 Å². The molecular formula is C14H18N2O2. The van der Waals surface area contributed by atoms with Gasteiger partial charge in [-0.15, -0.1) is 0 Å². The van der Waals surface area contributed by atoms with Crippen molar-refractivity contribution in [2.75, 3.05) is 19.6 Å². The lowest BCUT2D eigenvalue weighted by Crippen LogP contribution is -2.26. The number of hydrogen-bond acceptors (Lipinski definition) is 3. The first-order valence-electron chi connectivity index (χ1n) is 6.22. The Hall–Kier alpha value is -1.81.